The highest BCUT2D eigenvalue weighted by Crippen LogP contribution is 2.06. The van der Waals surface area contributed by atoms with Crippen LogP contribution in [0.2, 0.25) is 0 Å². The van der Waals surface area contributed by atoms with E-state index in [0.29, 0.717) is 5.71 Å². The molecule has 0 radical (unpaired) electrons. The first-order chi connectivity index (χ1) is 8.47. The van der Waals surface area contributed by atoms with Crippen LogP contribution in [0.25, 0.3) is 0 Å². The first kappa shape index (κ1) is 14.0. The van der Waals surface area contributed by atoms with E-state index in [1.807, 2.05) is 31.2 Å². The van der Waals surface area contributed by atoms with Gasteiger partial charge in [0.25, 0.3) is 0 Å². The van der Waals surface area contributed by atoms with Crippen molar-refractivity contribution in [3.63, 3.8) is 0 Å². The van der Waals surface area contributed by atoms with Crippen molar-refractivity contribution in [3.05, 3.63) is 35.4 Å². The van der Waals surface area contributed by atoms with Gasteiger partial charge in [-0.2, -0.15) is 0 Å². The Labute approximate surface area is 108 Å². The molecule has 0 bridgehead atoms. The Kier molecular flexibility index (Phi) is 5.13. The van der Waals surface area contributed by atoms with Crippen molar-refractivity contribution in [2.45, 2.75) is 33.2 Å². The van der Waals surface area contributed by atoms with Crippen LogP contribution in [0.4, 0.5) is 0 Å². The molecule has 0 heterocycles. The van der Waals surface area contributed by atoms with E-state index in [-0.39, 0.29) is 11.9 Å². The van der Waals surface area contributed by atoms with Gasteiger partial charge in [-0.15, -0.1) is 0 Å². The predicted molar refractivity (Wildman–Crippen MR) is 73.7 cm³/mol. The van der Waals surface area contributed by atoms with E-state index in [2.05, 4.69) is 17.2 Å². The molecule has 1 atom stereocenters. The molecule has 0 aliphatic heterocycles. The van der Waals surface area contributed by atoms with Crippen LogP contribution in [0.15, 0.2) is 24.3 Å². The van der Waals surface area contributed by atoms with E-state index in [1.165, 1.54) is 6.92 Å². The van der Waals surface area contributed by atoms with Crippen molar-refractivity contribution in [2.75, 3.05) is 0 Å². The van der Waals surface area contributed by atoms with Crippen molar-refractivity contribution >= 4 is 11.6 Å². The van der Waals surface area contributed by atoms with Gasteiger partial charge in [0.2, 0.25) is 5.91 Å². The van der Waals surface area contributed by atoms with E-state index in [0.717, 1.165) is 17.5 Å². The summed E-state index contributed by atoms with van der Waals surface area (Å²) in [6.07, 6.45) is 0.802. The Morgan fingerprint density at radius 2 is 1.94 bits per heavy atom. The lowest BCUT2D eigenvalue weighted by molar-refractivity contribution is -0.119. The summed E-state index contributed by atoms with van der Waals surface area (Å²) in [6, 6.07) is 8.00. The molecule has 3 heteroatoms. The molecular weight excluding hydrogens is 224 g/mol. The third kappa shape index (κ3) is 5.31. The van der Waals surface area contributed by atoms with E-state index in [9.17, 15) is 4.79 Å². The second kappa shape index (κ2) is 6.61. The summed E-state index contributed by atoms with van der Waals surface area (Å²) in [6.45, 7) is 5.17. The number of nitrogens with one attached hydrogen (secondary N) is 2. The molecule has 1 amide bonds. The average Bonchev–Trinajstić information content (AvgIpc) is 2.26. The van der Waals surface area contributed by atoms with Gasteiger partial charge < -0.3 is 5.32 Å². The minimum atomic E-state index is -0.00792. The van der Waals surface area contributed by atoms with Crippen molar-refractivity contribution in [2.24, 2.45) is 0 Å². The SMILES string of the molecule is CC(=N)C#Cc1ccc(CC(C)NC(C)=O)cc1. The molecule has 1 aromatic rings. The average molecular weight is 242 g/mol. The highest BCUT2D eigenvalue weighted by atomic mass is 16.1. The van der Waals surface area contributed by atoms with Crippen LogP contribution in [-0.2, 0) is 11.2 Å². The Morgan fingerprint density at radius 1 is 1.33 bits per heavy atom. The molecule has 18 heavy (non-hydrogen) atoms. The van der Waals surface area contributed by atoms with Crippen molar-refractivity contribution < 1.29 is 4.79 Å². The summed E-state index contributed by atoms with van der Waals surface area (Å²) in [7, 11) is 0. The van der Waals surface area contributed by atoms with Crippen LogP contribution in [0.1, 0.15) is 31.9 Å². The number of hydrogen-bond acceptors (Lipinski definition) is 2. The van der Waals surface area contributed by atoms with Crippen molar-refractivity contribution in [1.82, 2.24) is 5.32 Å². The summed E-state index contributed by atoms with van der Waals surface area (Å²) in [5.74, 6) is 5.63. The summed E-state index contributed by atoms with van der Waals surface area (Å²) >= 11 is 0. The Bertz CT molecular complexity index is 491. The van der Waals surface area contributed by atoms with E-state index in [4.69, 9.17) is 5.41 Å². The number of amides is 1. The van der Waals surface area contributed by atoms with Crippen molar-refractivity contribution in [3.8, 4) is 11.8 Å². The maximum atomic E-state index is 10.9. The number of rotatable bonds is 3. The van der Waals surface area contributed by atoms with Gasteiger partial charge in [-0.25, -0.2) is 0 Å². The van der Waals surface area contributed by atoms with E-state index >= 15 is 0 Å². The predicted octanol–water partition coefficient (Wildman–Crippen LogP) is 2.14. The zero-order chi connectivity index (χ0) is 13.5. The fourth-order valence-corrected chi connectivity index (χ4v) is 1.64. The monoisotopic (exact) mass is 242 g/mol. The Balaban J connectivity index is 2.64. The third-order valence-electron chi connectivity index (χ3n) is 2.34. The fraction of sp³-hybridized carbons (Fsp3) is 0.333. The minimum absolute atomic E-state index is 0.00792. The fourth-order valence-electron chi connectivity index (χ4n) is 1.64. The van der Waals surface area contributed by atoms with Gasteiger partial charge in [-0.3, -0.25) is 10.2 Å². The summed E-state index contributed by atoms with van der Waals surface area (Å²) in [5.41, 5.74) is 2.42. The van der Waals surface area contributed by atoms with Crippen LogP contribution < -0.4 is 5.32 Å². The lowest BCUT2D eigenvalue weighted by Crippen LogP contribution is -2.31. The lowest BCUT2D eigenvalue weighted by Gasteiger charge is -2.12. The van der Waals surface area contributed by atoms with Gasteiger partial charge in [0.05, 0.1) is 5.71 Å². The van der Waals surface area contributed by atoms with Gasteiger partial charge >= 0.3 is 0 Å². The van der Waals surface area contributed by atoms with Gasteiger partial charge in [-0.05, 0) is 43.9 Å². The number of carbonyl (C=O) groups is 1. The maximum absolute atomic E-state index is 10.9. The molecule has 0 saturated heterocycles. The second-order valence-electron chi connectivity index (χ2n) is 4.38. The highest BCUT2D eigenvalue weighted by Gasteiger charge is 2.04. The molecule has 0 fully saturated rings. The van der Waals surface area contributed by atoms with Crippen LogP contribution in [0, 0.1) is 17.3 Å². The third-order valence-corrected chi connectivity index (χ3v) is 2.34. The normalized spacial score (nSPS) is 11.1. The summed E-state index contributed by atoms with van der Waals surface area (Å²) in [5, 5.41) is 10.1. The topological polar surface area (TPSA) is 53.0 Å². The molecule has 94 valence electrons. The minimum Gasteiger partial charge on any atom is -0.354 e. The summed E-state index contributed by atoms with van der Waals surface area (Å²) in [4.78, 5) is 10.9. The van der Waals surface area contributed by atoms with Crippen molar-refractivity contribution in [1.29, 1.82) is 5.41 Å². The van der Waals surface area contributed by atoms with Crippen LogP contribution >= 0.6 is 0 Å². The van der Waals surface area contributed by atoms with Gasteiger partial charge in [0, 0.05) is 18.5 Å². The Hall–Kier alpha value is -2.08. The highest BCUT2D eigenvalue weighted by molar-refractivity contribution is 5.96. The standard InChI is InChI=1S/C15H18N2O/c1-11(16)4-5-14-6-8-15(9-7-14)10-12(2)17-13(3)18/h6-9,12,16H,10H2,1-3H3,(H,17,18). The largest absolute Gasteiger partial charge is 0.354 e. The molecule has 0 aromatic heterocycles. The van der Waals surface area contributed by atoms with E-state index in [1.54, 1.807) is 6.92 Å². The number of carbonyl (C=O) groups excluding carboxylic acids is 1. The lowest BCUT2D eigenvalue weighted by atomic mass is 10.1. The molecule has 0 spiro atoms. The number of benzene rings is 1. The van der Waals surface area contributed by atoms with Crippen LogP contribution in [0.5, 0.6) is 0 Å². The van der Waals surface area contributed by atoms with Gasteiger partial charge in [0.1, 0.15) is 0 Å². The zero-order valence-corrected chi connectivity index (χ0v) is 11.0. The molecule has 1 rings (SSSR count). The molecule has 0 aliphatic carbocycles. The molecule has 1 unspecified atom stereocenters. The molecule has 0 aliphatic rings. The number of hydrogen-bond donors (Lipinski definition) is 2. The van der Waals surface area contributed by atoms with Crippen LogP contribution in [0.3, 0.4) is 0 Å². The quantitative estimate of drug-likeness (QED) is 0.619. The molecule has 3 nitrogen and oxygen atoms in total. The second-order valence-corrected chi connectivity index (χ2v) is 4.38. The molecular formula is C15H18N2O. The summed E-state index contributed by atoms with van der Waals surface area (Å²) < 4.78 is 0. The van der Waals surface area contributed by atoms with Gasteiger partial charge in [0.15, 0.2) is 0 Å². The first-order valence-electron chi connectivity index (χ1n) is 5.90. The smallest absolute Gasteiger partial charge is 0.217 e. The van der Waals surface area contributed by atoms with Gasteiger partial charge in [-0.1, -0.05) is 18.1 Å². The Morgan fingerprint density at radius 3 is 2.44 bits per heavy atom. The first-order valence-corrected chi connectivity index (χ1v) is 5.90. The zero-order valence-electron chi connectivity index (χ0n) is 11.0. The molecule has 2 N–H and O–H groups in total. The molecule has 1 aromatic carbocycles. The maximum Gasteiger partial charge on any atom is 0.217 e. The molecule has 0 saturated carbocycles. The van der Waals surface area contributed by atoms with E-state index < -0.39 is 0 Å². The van der Waals surface area contributed by atoms with Crippen LogP contribution in [-0.4, -0.2) is 17.7 Å².